The van der Waals surface area contributed by atoms with Crippen molar-refractivity contribution in [2.45, 2.75) is 38.8 Å². The highest BCUT2D eigenvalue weighted by atomic mass is 16.6. The molecule has 0 aromatic carbocycles. The largest absolute Gasteiger partial charge is 0.481 e. The van der Waals surface area contributed by atoms with Crippen LogP contribution in [-0.2, 0) is 9.53 Å². The lowest BCUT2D eigenvalue weighted by Crippen LogP contribution is -2.55. The van der Waals surface area contributed by atoms with E-state index in [1.165, 1.54) is 4.90 Å². The Morgan fingerprint density at radius 1 is 1.33 bits per heavy atom. The zero-order chi connectivity index (χ0) is 13.5. The first kappa shape index (κ1) is 12.9. The zero-order valence-electron chi connectivity index (χ0n) is 10.9. The van der Waals surface area contributed by atoms with Crippen LogP contribution in [0.3, 0.4) is 0 Å². The van der Waals surface area contributed by atoms with Gasteiger partial charge < -0.3 is 14.7 Å². The van der Waals surface area contributed by atoms with Gasteiger partial charge in [0.1, 0.15) is 5.60 Å². The molecule has 0 aromatic heterocycles. The molecule has 2 heterocycles. The highest BCUT2D eigenvalue weighted by Crippen LogP contribution is 2.35. The summed E-state index contributed by atoms with van der Waals surface area (Å²) in [5, 5.41) is 9.18. The second-order valence-corrected chi connectivity index (χ2v) is 5.95. The summed E-state index contributed by atoms with van der Waals surface area (Å²) in [5.41, 5.74) is -0.559. The van der Waals surface area contributed by atoms with E-state index in [1.807, 2.05) is 12.2 Å². The lowest BCUT2D eigenvalue weighted by Gasteiger charge is -2.44. The number of carboxylic acids is 1. The van der Waals surface area contributed by atoms with Crippen molar-refractivity contribution in [1.29, 1.82) is 0 Å². The third-order valence-electron chi connectivity index (χ3n) is 3.29. The Balaban J connectivity index is 2.13. The summed E-state index contributed by atoms with van der Waals surface area (Å²) in [4.78, 5) is 24.8. The third kappa shape index (κ3) is 2.49. The molecule has 0 unspecified atom stereocenters. The Kier molecular flexibility index (Phi) is 3.09. The average molecular weight is 253 g/mol. The van der Waals surface area contributed by atoms with E-state index >= 15 is 0 Å². The highest BCUT2D eigenvalue weighted by molar-refractivity contribution is 5.75. The average Bonchev–Trinajstić information content (AvgIpc) is 2.27. The van der Waals surface area contributed by atoms with Crippen LogP contribution in [0.5, 0.6) is 0 Å². The van der Waals surface area contributed by atoms with Crippen LogP contribution in [0.15, 0.2) is 12.2 Å². The second-order valence-electron chi connectivity index (χ2n) is 5.95. The van der Waals surface area contributed by atoms with Gasteiger partial charge in [0, 0.05) is 6.54 Å². The number of carbonyl (C=O) groups excluding carboxylic acids is 1. The minimum Gasteiger partial charge on any atom is -0.481 e. The maximum Gasteiger partial charge on any atom is 0.410 e. The van der Waals surface area contributed by atoms with E-state index < -0.39 is 23.6 Å². The zero-order valence-corrected chi connectivity index (χ0v) is 10.9. The maximum atomic E-state index is 12.0. The number of hydrogen-bond donors (Lipinski definition) is 1. The molecule has 0 radical (unpaired) electrons. The Morgan fingerprint density at radius 2 is 2.00 bits per heavy atom. The molecule has 3 rings (SSSR count). The number of hydrogen-bond acceptors (Lipinski definition) is 3. The number of piperidine rings is 1. The maximum absolute atomic E-state index is 12.0. The van der Waals surface area contributed by atoms with E-state index in [4.69, 9.17) is 4.74 Å². The molecule has 3 aliphatic rings. The van der Waals surface area contributed by atoms with E-state index in [9.17, 15) is 14.7 Å². The monoisotopic (exact) mass is 253 g/mol. The number of rotatable bonds is 1. The quantitative estimate of drug-likeness (QED) is 0.724. The molecule has 5 nitrogen and oxygen atoms in total. The highest BCUT2D eigenvalue weighted by Gasteiger charge is 2.44. The molecule has 0 aromatic rings. The Labute approximate surface area is 106 Å². The van der Waals surface area contributed by atoms with Crippen LogP contribution in [0, 0.1) is 11.8 Å². The first-order chi connectivity index (χ1) is 8.28. The SMILES string of the molecule is CC(C)(C)OC(=O)N1C[C@H]2C=C[C@H]1[C@@H](C(=O)O)C2. The Bertz CT molecular complexity index is 396. The number of carboxylic acid groups (broad SMARTS) is 1. The van der Waals surface area contributed by atoms with Crippen molar-refractivity contribution in [3.63, 3.8) is 0 Å². The lowest BCUT2D eigenvalue weighted by atomic mass is 9.78. The fourth-order valence-electron chi connectivity index (χ4n) is 2.54. The van der Waals surface area contributed by atoms with E-state index in [-0.39, 0.29) is 12.0 Å². The molecule has 2 bridgehead atoms. The number of nitrogens with zero attached hydrogens (tertiary/aromatic N) is 1. The molecule has 1 aliphatic carbocycles. The van der Waals surface area contributed by atoms with E-state index in [1.54, 1.807) is 20.8 Å². The summed E-state index contributed by atoms with van der Waals surface area (Å²) in [6.45, 7) is 5.97. The molecule has 5 heteroatoms. The van der Waals surface area contributed by atoms with Crippen LogP contribution in [0.25, 0.3) is 0 Å². The predicted octanol–water partition coefficient (Wildman–Crippen LogP) is 1.88. The van der Waals surface area contributed by atoms with E-state index in [2.05, 4.69) is 0 Å². The molecule has 100 valence electrons. The molecule has 3 atom stereocenters. The molecular weight excluding hydrogens is 234 g/mol. The lowest BCUT2D eigenvalue weighted by molar-refractivity contribution is -0.145. The van der Waals surface area contributed by atoms with Crippen molar-refractivity contribution < 1.29 is 19.4 Å². The van der Waals surface area contributed by atoms with Crippen molar-refractivity contribution in [1.82, 2.24) is 4.90 Å². The van der Waals surface area contributed by atoms with Crippen molar-refractivity contribution >= 4 is 12.1 Å². The molecule has 1 amide bonds. The number of carbonyl (C=O) groups is 2. The molecule has 1 N–H and O–H groups in total. The van der Waals surface area contributed by atoms with Gasteiger partial charge in [-0.05, 0) is 33.1 Å². The van der Waals surface area contributed by atoms with Gasteiger partial charge in [-0.2, -0.15) is 0 Å². The van der Waals surface area contributed by atoms with Crippen LogP contribution in [0.1, 0.15) is 27.2 Å². The molecule has 1 fully saturated rings. The number of amides is 1. The topological polar surface area (TPSA) is 66.8 Å². The normalized spacial score (nSPS) is 30.4. The molecule has 1 saturated heterocycles. The number of aliphatic carboxylic acids is 1. The minimum atomic E-state index is -0.845. The van der Waals surface area contributed by atoms with E-state index in [0.717, 1.165) is 0 Å². The summed E-state index contributed by atoms with van der Waals surface area (Å²) in [6, 6.07) is -0.373. The van der Waals surface area contributed by atoms with Crippen LogP contribution >= 0.6 is 0 Å². The fourth-order valence-corrected chi connectivity index (χ4v) is 2.54. The third-order valence-corrected chi connectivity index (χ3v) is 3.29. The van der Waals surface area contributed by atoms with Crippen LogP contribution in [0.2, 0.25) is 0 Å². The number of ether oxygens (including phenoxy) is 1. The van der Waals surface area contributed by atoms with Gasteiger partial charge in [0.15, 0.2) is 0 Å². The summed E-state index contributed by atoms with van der Waals surface area (Å²) < 4.78 is 5.32. The first-order valence-electron chi connectivity index (χ1n) is 6.18. The Hall–Kier alpha value is -1.52. The minimum absolute atomic E-state index is 0.128. The first-order valence-corrected chi connectivity index (χ1v) is 6.18. The smallest absolute Gasteiger partial charge is 0.410 e. The van der Waals surface area contributed by atoms with Crippen LogP contribution < -0.4 is 0 Å². The van der Waals surface area contributed by atoms with Gasteiger partial charge >= 0.3 is 12.1 Å². The summed E-state index contributed by atoms with van der Waals surface area (Å²) in [7, 11) is 0. The van der Waals surface area contributed by atoms with Crippen LogP contribution in [0.4, 0.5) is 4.79 Å². The van der Waals surface area contributed by atoms with Crippen molar-refractivity contribution in [3.05, 3.63) is 12.2 Å². The standard InChI is InChI=1S/C13H19NO4/c1-13(2,3)18-12(17)14-7-8-4-5-10(14)9(6-8)11(15)16/h4-5,8-10H,6-7H2,1-3H3,(H,15,16)/t8-,9-,10-/m0/s1. The summed E-state index contributed by atoms with van der Waals surface area (Å²) in [6.07, 6.45) is 4.01. The Morgan fingerprint density at radius 3 is 2.50 bits per heavy atom. The van der Waals surface area contributed by atoms with E-state index in [0.29, 0.717) is 13.0 Å². The van der Waals surface area contributed by atoms with Gasteiger partial charge in [-0.15, -0.1) is 0 Å². The van der Waals surface area contributed by atoms with Gasteiger partial charge in [-0.25, -0.2) is 4.79 Å². The van der Waals surface area contributed by atoms with Crippen molar-refractivity contribution in [2.75, 3.05) is 6.54 Å². The van der Waals surface area contributed by atoms with Crippen molar-refractivity contribution in [2.24, 2.45) is 11.8 Å². The summed E-state index contributed by atoms with van der Waals surface area (Å²) in [5.74, 6) is -1.23. The molecule has 0 saturated carbocycles. The summed E-state index contributed by atoms with van der Waals surface area (Å²) >= 11 is 0. The van der Waals surface area contributed by atoms with Crippen molar-refractivity contribution in [3.8, 4) is 0 Å². The van der Waals surface area contributed by atoms with Crippen LogP contribution in [-0.4, -0.2) is 40.3 Å². The second kappa shape index (κ2) is 4.30. The molecule has 2 aliphatic heterocycles. The van der Waals surface area contributed by atoms with Gasteiger partial charge in [0.05, 0.1) is 12.0 Å². The molecule has 18 heavy (non-hydrogen) atoms. The van der Waals surface area contributed by atoms with Gasteiger partial charge in [-0.1, -0.05) is 12.2 Å². The molecular formula is C13H19NO4. The predicted molar refractivity (Wildman–Crippen MR) is 65.1 cm³/mol. The molecule has 0 spiro atoms. The number of fused-ring (bicyclic) bond motifs is 2. The van der Waals surface area contributed by atoms with Gasteiger partial charge in [0.25, 0.3) is 0 Å². The fraction of sp³-hybridized carbons (Fsp3) is 0.692. The van der Waals surface area contributed by atoms with Gasteiger partial charge in [0.2, 0.25) is 0 Å². The van der Waals surface area contributed by atoms with Gasteiger partial charge in [-0.3, -0.25) is 4.79 Å².